The molecule has 1 atom stereocenters. The summed E-state index contributed by atoms with van der Waals surface area (Å²) in [7, 11) is 0. The van der Waals surface area contributed by atoms with Gasteiger partial charge in [-0.15, -0.1) is 0 Å². The van der Waals surface area contributed by atoms with Crippen LogP contribution in [0.4, 0.5) is 0 Å². The Labute approximate surface area is 163 Å². The SMILES string of the molecule is CCn1ncc(C2NC(=O)CN2Cc2ccc(OCc3ccccc3)cc2)n1. The van der Waals surface area contributed by atoms with Crippen LogP contribution < -0.4 is 10.1 Å². The maximum Gasteiger partial charge on any atom is 0.235 e. The van der Waals surface area contributed by atoms with Gasteiger partial charge in [-0.2, -0.15) is 15.0 Å². The molecule has 0 radical (unpaired) electrons. The van der Waals surface area contributed by atoms with Gasteiger partial charge < -0.3 is 10.1 Å². The van der Waals surface area contributed by atoms with Crippen molar-refractivity contribution < 1.29 is 9.53 Å². The van der Waals surface area contributed by atoms with Crippen LogP contribution in [0.5, 0.6) is 5.75 Å². The van der Waals surface area contributed by atoms with Gasteiger partial charge in [-0.05, 0) is 30.2 Å². The van der Waals surface area contributed by atoms with Crippen LogP contribution in [0.25, 0.3) is 0 Å². The molecule has 1 saturated heterocycles. The summed E-state index contributed by atoms with van der Waals surface area (Å²) in [6, 6.07) is 18.1. The lowest BCUT2D eigenvalue weighted by atomic mass is 10.2. The number of hydrogen-bond acceptors (Lipinski definition) is 5. The summed E-state index contributed by atoms with van der Waals surface area (Å²) in [5, 5.41) is 11.6. The molecule has 1 aliphatic heterocycles. The first-order valence-corrected chi connectivity index (χ1v) is 9.40. The van der Waals surface area contributed by atoms with E-state index in [-0.39, 0.29) is 12.1 Å². The first-order valence-electron chi connectivity index (χ1n) is 9.40. The van der Waals surface area contributed by atoms with Crippen molar-refractivity contribution in [1.29, 1.82) is 0 Å². The van der Waals surface area contributed by atoms with Crippen molar-refractivity contribution in [2.75, 3.05) is 6.54 Å². The topological polar surface area (TPSA) is 72.3 Å². The molecule has 1 N–H and O–H groups in total. The minimum absolute atomic E-state index is 0.00105. The molecule has 7 heteroatoms. The Kier molecular flexibility index (Phi) is 5.34. The van der Waals surface area contributed by atoms with Gasteiger partial charge in [-0.25, -0.2) is 0 Å². The molecule has 1 fully saturated rings. The highest BCUT2D eigenvalue weighted by molar-refractivity contribution is 5.80. The second kappa shape index (κ2) is 8.22. The molecule has 2 aromatic carbocycles. The van der Waals surface area contributed by atoms with Crippen LogP contribution in [-0.2, 0) is 24.5 Å². The Morgan fingerprint density at radius 1 is 1.11 bits per heavy atom. The highest BCUT2D eigenvalue weighted by Gasteiger charge is 2.32. The molecule has 1 aromatic heterocycles. The summed E-state index contributed by atoms with van der Waals surface area (Å²) in [6.07, 6.45) is 1.47. The fourth-order valence-electron chi connectivity index (χ4n) is 3.23. The van der Waals surface area contributed by atoms with Crippen LogP contribution in [0.15, 0.2) is 60.8 Å². The normalized spacial score (nSPS) is 16.9. The number of amides is 1. The lowest BCUT2D eigenvalue weighted by Gasteiger charge is -2.21. The predicted molar refractivity (Wildman–Crippen MR) is 104 cm³/mol. The Morgan fingerprint density at radius 3 is 2.61 bits per heavy atom. The number of hydrogen-bond donors (Lipinski definition) is 1. The van der Waals surface area contributed by atoms with Crippen molar-refractivity contribution >= 4 is 5.91 Å². The molecular formula is C21H23N5O2. The molecule has 1 unspecified atom stereocenters. The Hall–Kier alpha value is -3.19. The van der Waals surface area contributed by atoms with Crippen LogP contribution in [0.1, 0.15) is 29.9 Å². The molecule has 2 heterocycles. The number of nitrogens with zero attached hydrogens (tertiary/aromatic N) is 4. The average molecular weight is 377 g/mol. The third-order valence-corrected chi connectivity index (χ3v) is 4.68. The van der Waals surface area contributed by atoms with E-state index in [1.165, 1.54) is 0 Å². The van der Waals surface area contributed by atoms with E-state index < -0.39 is 0 Å². The standard InChI is InChI=1S/C21H23N5O2/c1-2-26-22-12-19(24-26)21-23-20(27)14-25(21)13-16-8-10-18(11-9-16)28-15-17-6-4-3-5-7-17/h3-12,21H,2,13-15H2,1H3,(H,23,27). The first-order chi connectivity index (χ1) is 13.7. The summed E-state index contributed by atoms with van der Waals surface area (Å²) in [6.45, 7) is 4.21. The number of rotatable bonds is 7. The van der Waals surface area contributed by atoms with E-state index in [1.807, 2.05) is 61.5 Å². The summed E-state index contributed by atoms with van der Waals surface area (Å²) >= 11 is 0. The zero-order chi connectivity index (χ0) is 19.3. The van der Waals surface area contributed by atoms with Crippen LogP contribution in [0.3, 0.4) is 0 Å². The molecule has 28 heavy (non-hydrogen) atoms. The van der Waals surface area contributed by atoms with E-state index in [2.05, 4.69) is 20.4 Å². The number of aryl methyl sites for hydroxylation is 1. The van der Waals surface area contributed by atoms with Crippen LogP contribution in [0.2, 0.25) is 0 Å². The van der Waals surface area contributed by atoms with Crippen molar-refractivity contribution in [1.82, 2.24) is 25.2 Å². The number of nitrogens with one attached hydrogen (secondary N) is 1. The minimum Gasteiger partial charge on any atom is -0.489 e. The van der Waals surface area contributed by atoms with Gasteiger partial charge >= 0.3 is 0 Å². The molecule has 3 aromatic rings. The molecule has 0 bridgehead atoms. The molecule has 4 rings (SSSR count). The van der Waals surface area contributed by atoms with Gasteiger partial charge in [0.25, 0.3) is 0 Å². The van der Waals surface area contributed by atoms with Gasteiger partial charge in [0.2, 0.25) is 5.91 Å². The van der Waals surface area contributed by atoms with Gasteiger partial charge in [-0.3, -0.25) is 9.69 Å². The largest absolute Gasteiger partial charge is 0.489 e. The van der Waals surface area contributed by atoms with Crippen molar-refractivity contribution in [2.24, 2.45) is 0 Å². The van der Waals surface area contributed by atoms with Gasteiger partial charge in [0, 0.05) is 6.54 Å². The van der Waals surface area contributed by atoms with E-state index in [4.69, 9.17) is 4.74 Å². The first kappa shape index (κ1) is 18.2. The lowest BCUT2D eigenvalue weighted by Crippen LogP contribution is -2.28. The molecule has 1 amide bonds. The Bertz CT molecular complexity index is 923. The summed E-state index contributed by atoms with van der Waals surface area (Å²) < 4.78 is 5.84. The van der Waals surface area contributed by atoms with E-state index in [9.17, 15) is 4.79 Å². The van der Waals surface area contributed by atoms with Gasteiger partial charge in [0.05, 0.1) is 19.3 Å². The quantitative estimate of drug-likeness (QED) is 0.685. The van der Waals surface area contributed by atoms with E-state index in [0.29, 0.717) is 26.2 Å². The fraction of sp³-hybridized carbons (Fsp3) is 0.286. The average Bonchev–Trinajstić information content (AvgIpc) is 3.34. The third-order valence-electron chi connectivity index (χ3n) is 4.68. The second-order valence-electron chi connectivity index (χ2n) is 6.75. The Morgan fingerprint density at radius 2 is 1.89 bits per heavy atom. The van der Waals surface area contributed by atoms with E-state index in [1.54, 1.807) is 11.0 Å². The number of carbonyl (C=O) groups excluding carboxylic acids is 1. The highest BCUT2D eigenvalue weighted by atomic mass is 16.5. The molecule has 7 nitrogen and oxygen atoms in total. The van der Waals surface area contributed by atoms with Crippen LogP contribution >= 0.6 is 0 Å². The van der Waals surface area contributed by atoms with Crippen molar-refractivity contribution in [3.8, 4) is 5.75 Å². The monoisotopic (exact) mass is 377 g/mol. The number of carbonyl (C=O) groups is 1. The smallest absolute Gasteiger partial charge is 0.235 e. The second-order valence-corrected chi connectivity index (χ2v) is 6.75. The number of ether oxygens (including phenoxy) is 1. The highest BCUT2D eigenvalue weighted by Crippen LogP contribution is 2.23. The summed E-state index contributed by atoms with van der Waals surface area (Å²) in [4.78, 5) is 15.6. The fourth-order valence-corrected chi connectivity index (χ4v) is 3.23. The maximum atomic E-state index is 12.0. The Balaban J connectivity index is 1.39. The molecule has 0 aliphatic carbocycles. The number of benzene rings is 2. The van der Waals surface area contributed by atoms with Gasteiger partial charge in [-0.1, -0.05) is 42.5 Å². The summed E-state index contributed by atoms with van der Waals surface area (Å²) in [5.74, 6) is 0.824. The predicted octanol–water partition coefficient (Wildman–Crippen LogP) is 2.51. The van der Waals surface area contributed by atoms with Crippen LogP contribution in [0, 0.1) is 0 Å². The van der Waals surface area contributed by atoms with Crippen molar-refractivity contribution in [3.63, 3.8) is 0 Å². The van der Waals surface area contributed by atoms with Crippen LogP contribution in [-0.4, -0.2) is 32.3 Å². The zero-order valence-electron chi connectivity index (χ0n) is 15.8. The van der Waals surface area contributed by atoms with Crippen molar-refractivity contribution in [2.45, 2.75) is 32.8 Å². The van der Waals surface area contributed by atoms with Crippen molar-refractivity contribution in [3.05, 3.63) is 77.6 Å². The number of aromatic nitrogens is 3. The van der Waals surface area contributed by atoms with Gasteiger partial charge in [0.15, 0.2) is 0 Å². The summed E-state index contributed by atoms with van der Waals surface area (Å²) in [5.41, 5.74) is 3.00. The zero-order valence-corrected chi connectivity index (χ0v) is 15.8. The maximum absolute atomic E-state index is 12.0. The molecule has 1 aliphatic rings. The molecular weight excluding hydrogens is 354 g/mol. The van der Waals surface area contributed by atoms with E-state index in [0.717, 1.165) is 22.6 Å². The van der Waals surface area contributed by atoms with Gasteiger partial charge in [0.1, 0.15) is 24.2 Å². The molecule has 144 valence electrons. The third kappa shape index (κ3) is 4.20. The molecule has 0 spiro atoms. The van der Waals surface area contributed by atoms with E-state index >= 15 is 0 Å². The molecule has 0 saturated carbocycles. The lowest BCUT2D eigenvalue weighted by molar-refractivity contribution is -0.118. The minimum atomic E-state index is -0.248.